The third-order valence-corrected chi connectivity index (χ3v) is 3.64. The third kappa shape index (κ3) is 2.84. The van der Waals surface area contributed by atoms with Crippen molar-refractivity contribution in [3.05, 3.63) is 24.0 Å². The molecule has 0 N–H and O–H groups in total. The van der Waals surface area contributed by atoms with Gasteiger partial charge in [0.1, 0.15) is 11.8 Å². The number of rotatable bonds is 2. The average molecular weight is 259 g/mol. The number of anilines is 1. The first-order chi connectivity index (χ1) is 9.15. The summed E-state index contributed by atoms with van der Waals surface area (Å²) in [6.45, 7) is 3.66. The number of nitriles is 1. The fourth-order valence-corrected chi connectivity index (χ4v) is 2.52. The van der Waals surface area contributed by atoms with E-state index in [1.807, 2.05) is 12.1 Å². The zero-order valence-electron chi connectivity index (χ0n) is 11.2. The van der Waals surface area contributed by atoms with E-state index in [0.717, 1.165) is 25.2 Å². The number of hydrogen-bond donors (Lipinski definition) is 0. The van der Waals surface area contributed by atoms with Crippen LogP contribution in [0.15, 0.2) is 18.3 Å². The average Bonchev–Trinajstić information content (AvgIpc) is 2.46. The van der Waals surface area contributed by atoms with Crippen molar-refractivity contribution in [2.24, 2.45) is 11.8 Å². The van der Waals surface area contributed by atoms with E-state index in [-0.39, 0.29) is 17.8 Å². The molecule has 1 aromatic rings. The fraction of sp³-hybridized carbons (Fsp3) is 0.500. The van der Waals surface area contributed by atoms with Crippen LogP contribution in [-0.2, 0) is 9.53 Å². The van der Waals surface area contributed by atoms with E-state index in [9.17, 15) is 4.79 Å². The van der Waals surface area contributed by atoms with E-state index in [0.29, 0.717) is 5.69 Å². The van der Waals surface area contributed by atoms with Gasteiger partial charge in [0.05, 0.1) is 24.9 Å². The van der Waals surface area contributed by atoms with Crippen LogP contribution in [0.4, 0.5) is 5.69 Å². The van der Waals surface area contributed by atoms with Gasteiger partial charge in [-0.25, -0.2) is 4.98 Å². The minimum absolute atomic E-state index is 0.0207. The number of piperidine rings is 1. The molecule has 1 aliphatic rings. The Bertz CT molecular complexity index is 492. The van der Waals surface area contributed by atoms with Crippen LogP contribution in [0, 0.1) is 23.2 Å². The summed E-state index contributed by atoms with van der Waals surface area (Å²) in [5, 5.41) is 8.73. The molecule has 1 saturated heterocycles. The van der Waals surface area contributed by atoms with E-state index >= 15 is 0 Å². The van der Waals surface area contributed by atoms with E-state index in [4.69, 9.17) is 10.00 Å². The lowest BCUT2D eigenvalue weighted by atomic mass is 9.87. The quantitative estimate of drug-likeness (QED) is 0.754. The summed E-state index contributed by atoms with van der Waals surface area (Å²) in [4.78, 5) is 17.9. The maximum absolute atomic E-state index is 11.6. The van der Waals surface area contributed by atoms with Crippen molar-refractivity contribution in [2.75, 3.05) is 25.1 Å². The van der Waals surface area contributed by atoms with Gasteiger partial charge in [-0.15, -0.1) is 0 Å². The second kappa shape index (κ2) is 5.70. The van der Waals surface area contributed by atoms with Crippen LogP contribution in [0.2, 0.25) is 0 Å². The number of ether oxygens (including phenoxy) is 1. The second-order valence-electron chi connectivity index (χ2n) is 4.86. The maximum Gasteiger partial charge on any atom is 0.309 e. The molecule has 0 amide bonds. The standard InChI is InChI=1S/C14H17N3O2/c1-10-9-17(6-5-13(10)14(18)19-2)12-4-3-11(7-15)16-8-12/h3-4,8,10,13H,5-6,9H2,1-2H3/t10-,13+/m1/s1. The molecule has 0 aliphatic carbocycles. The van der Waals surface area contributed by atoms with Gasteiger partial charge in [0.2, 0.25) is 0 Å². The highest BCUT2D eigenvalue weighted by Crippen LogP contribution is 2.27. The molecule has 2 atom stereocenters. The zero-order chi connectivity index (χ0) is 13.8. The lowest BCUT2D eigenvalue weighted by Gasteiger charge is -2.36. The molecule has 19 heavy (non-hydrogen) atoms. The second-order valence-corrected chi connectivity index (χ2v) is 4.86. The van der Waals surface area contributed by atoms with Gasteiger partial charge in [-0.3, -0.25) is 4.79 Å². The van der Waals surface area contributed by atoms with E-state index in [1.165, 1.54) is 7.11 Å². The molecule has 0 radical (unpaired) electrons. The number of pyridine rings is 1. The van der Waals surface area contributed by atoms with E-state index < -0.39 is 0 Å². The highest BCUT2D eigenvalue weighted by molar-refractivity contribution is 5.73. The number of methoxy groups -OCH3 is 1. The van der Waals surface area contributed by atoms with Gasteiger partial charge in [0, 0.05) is 13.1 Å². The Kier molecular flexibility index (Phi) is 4.00. The van der Waals surface area contributed by atoms with Gasteiger partial charge in [0.15, 0.2) is 0 Å². The molecule has 0 unspecified atom stereocenters. The lowest BCUT2D eigenvalue weighted by molar-refractivity contribution is -0.147. The van der Waals surface area contributed by atoms with Crippen LogP contribution in [0.1, 0.15) is 19.0 Å². The van der Waals surface area contributed by atoms with Crippen LogP contribution in [-0.4, -0.2) is 31.2 Å². The smallest absolute Gasteiger partial charge is 0.309 e. The van der Waals surface area contributed by atoms with E-state index in [2.05, 4.69) is 16.8 Å². The highest BCUT2D eigenvalue weighted by atomic mass is 16.5. The van der Waals surface area contributed by atoms with Gasteiger partial charge >= 0.3 is 5.97 Å². The summed E-state index contributed by atoms with van der Waals surface area (Å²) < 4.78 is 4.83. The van der Waals surface area contributed by atoms with Crippen molar-refractivity contribution in [3.8, 4) is 6.07 Å². The molecule has 0 spiro atoms. The number of esters is 1. The van der Waals surface area contributed by atoms with Gasteiger partial charge in [0.25, 0.3) is 0 Å². The monoisotopic (exact) mass is 259 g/mol. The van der Waals surface area contributed by atoms with Crippen molar-refractivity contribution in [2.45, 2.75) is 13.3 Å². The molecule has 5 nitrogen and oxygen atoms in total. The highest BCUT2D eigenvalue weighted by Gasteiger charge is 2.32. The molecule has 0 saturated carbocycles. The number of hydrogen-bond acceptors (Lipinski definition) is 5. The molecule has 1 aromatic heterocycles. The summed E-state index contributed by atoms with van der Waals surface area (Å²) in [6.07, 6.45) is 2.50. The molecule has 100 valence electrons. The Morgan fingerprint density at radius 3 is 2.89 bits per heavy atom. The minimum Gasteiger partial charge on any atom is -0.469 e. The maximum atomic E-state index is 11.6. The summed E-state index contributed by atoms with van der Waals surface area (Å²) in [5.41, 5.74) is 1.41. The summed E-state index contributed by atoms with van der Waals surface area (Å²) in [5.74, 6) is 0.106. The molecule has 0 aromatic carbocycles. The number of nitrogens with zero attached hydrogens (tertiary/aromatic N) is 3. The van der Waals surface area contributed by atoms with Gasteiger partial charge < -0.3 is 9.64 Å². The first kappa shape index (κ1) is 13.3. The Morgan fingerprint density at radius 2 is 2.37 bits per heavy atom. The Balaban J connectivity index is 2.05. The van der Waals surface area contributed by atoms with Crippen molar-refractivity contribution < 1.29 is 9.53 Å². The Labute approximate surface area is 112 Å². The predicted octanol–water partition coefficient (Wildman–Crippen LogP) is 1.59. The summed E-state index contributed by atoms with van der Waals surface area (Å²) in [6, 6.07) is 5.62. The fourth-order valence-electron chi connectivity index (χ4n) is 2.52. The number of carbonyl (C=O) groups excluding carboxylic acids is 1. The Hall–Kier alpha value is -2.09. The number of aromatic nitrogens is 1. The molecular weight excluding hydrogens is 242 g/mol. The number of carbonyl (C=O) groups is 1. The van der Waals surface area contributed by atoms with Crippen molar-refractivity contribution in [3.63, 3.8) is 0 Å². The van der Waals surface area contributed by atoms with Crippen LogP contribution in [0.25, 0.3) is 0 Å². The topological polar surface area (TPSA) is 66.2 Å². The minimum atomic E-state index is -0.120. The van der Waals surface area contributed by atoms with E-state index in [1.54, 1.807) is 12.3 Å². The van der Waals surface area contributed by atoms with Crippen molar-refractivity contribution >= 4 is 11.7 Å². The molecule has 2 rings (SSSR count). The zero-order valence-corrected chi connectivity index (χ0v) is 11.2. The van der Waals surface area contributed by atoms with Crippen molar-refractivity contribution in [1.82, 2.24) is 4.98 Å². The van der Waals surface area contributed by atoms with Gasteiger partial charge in [-0.1, -0.05) is 6.92 Å². The third-order valence-electron chi connectivity index (χ3n) is 3.64. The Morgan fingerprint density at radius 1 is 1.58 bits per heavy atom. The van der Waals surface area contributed by atoms with Gasteiger partial charge in [-0.2, -0.15) is 5.26 Å². The molecule has 5 heteroatoms. The molecular formula is C14H17N3O2. The van der Waals surface area contributed by atoms with Crippen LogP contribution in [0.3, 0.4) is 0 Å². The van der Waals surface area contributed by atoms with Crippen LogP contribution >= 0.6 is 0 Å². The first-order valence-corrected chi connectivity index (χ1v) is 6.34. The molecule has 0 bridgehead atoms. The van der Waals surface area contributed by atoms with Crippen molar-refractivity contribution in [1.29, 1.82) is 5.26 Å². The molecule has 1 aliphatic heterocycles. The first-order valence-electron chi connectivity index (χ1n) is 6.34. The van der Waals surface area contributed by atoms with Crippen LogP contribution in [0.5, 0.6) is 0 Å². The normalized spacial score (nSPS) is 22.7. The molecule has 2 heterocycles. The predicted molar refractivity (Wildman–Crippen MR) is 70.5 cm³/mol. The molecule has 1 fully saturated rings. The summed E-state index contributed by atoms with van der Waals surface area (Å²) in [7, 11) is 1.44. The SMILES string of the molecule is COC(=O)[C@H]1CCN(c2ccc(C#N)nc2)C[C@H]1C. The summed E-state index contributed by atoms with van der Waals surface area (Å²) >= 11 is 0. The largest absolute Gasteiger partial charge is 0.469 e. The van der Waals surface area contributed by atoms with Gasteiger partial charge in [-0.05, 0) is 24.5 Å². The van der Waals surface area contributed by atoms with Crippen LogP contribution < -0.4 is 4.90 Å². The lowest BCUT2D eigenvalue weighted by Crippen LogP contribution is -2.42.